The quantitative estimate of drug-likeness (QED) is 0.696. The number of aliphatic hydroxyl groups excluding tert-OH is 2. The summed E-state index contributed by atoms with van der Waals surface area (Å²) in [4.78, 5) is 25.8. The Kier molecular flexibility index (Phi) is 4.32. The molecule has 4 rings (SSSR count). The number of aliphatic hydroxyl groups is 2. The second-order valence-electron chi connectivity index (χ2n) is 6.78. The van der Waals surface area contributed by atoms with Gasteiger partial charge in [0.1, 0.15) is 0 Å². The fourth-order valence-corrected chi connectivity index (χ4v) is 3.76. The predicted octanol–water partition coefficient (Wildman–Crippen LogP) is 0.891. The molecule has 0 aromatic heterocycles. The normalized spacial score (nSPS) is 22.5. The fraction of sp³-hybridized carbons (Fsp3) is 0.300. The van der Waals surface area contributed by atoms with Crippen LogP contribution in [-0.2, 0) is 6.42 Å². The largest absolute Gasteiger partial charge is 0.391 e. The van der Waals surface area contributed by atoms with Gasteiger partial charge >= 0.3 is 0 Å². The Balaban J connectivity index is 1.39. The summed E-state index contributed by atoms with van der Waals surface area (Å²) in [6.45, 7) is 0.0906. The van der Waals surface area contributed by atoms with E-state index in [1.165, 1.54) is 0 Å². The van der Waals surface area contributed by atoms with Gasteiger partial charge in [0.15, 0.2) is 0 Å². The third-order valence-electron chi connectivity index (χ3n) is 5.05. The molecule has 134 valence electrons. The molecule has 6 nitrogen and oxygen atoms in total. The summed E-state index contributed by atoms with van der Waals surface area (Å²) in [7, 11) is 0. The van der Waals surface area contributed by atoms with Gasteiger partial charge in [0, 0.05) is 13.0 Å². The number of carbonyl (C=O) groups is 2. The van der Waals surface area contributed by atoms with Crippen molar-refractivity contribution in [1.29, 1.82) is 0 Å². The van der Waals surface area contributed by atoms with Gasteiger partial charge in [-0.3, -0.25) is 14.5 Å². The molecule has 1 aliphatic carbocycles. The number of nitrogens with one attached hydrogen (secondary N) is 1. The van der Waals surface area contributed by atoms with Crippen LogP contribution in [0.25, 0.3) is 0 Å². The Hall–Kier alpha value is -2.54. The summed E-state index contributed by atoms with van der Waals surface area (Å²) in [5.41, 5.74) is 2.86. The number of amides is 2. The fourth-order valence-electron chi connectivity index (χ4n) is 3.76. The van der Waals surface area contributed by atoms with Gasteiger partial charge in [0.25, 0.3) is 11.8 Å². The van der Waals surface area contributed by atoms with E-state index in [4.69, 9.17) is 0 Å². The second-order valence-corrected chi connectivity index (χ2v) is 6.78. The molecule has 3 atom stereocenters. The van der Waals surface area contributed by atoms with Crippen LogP contribution in [0.2, 0.25) is 0 Å². The van der Waals surface area contributed by atoms with E-state index in [2.05, 4.69) is 5.32 Å². The van der Waals surface area contributed by atoms with Crippen LogP contribution in [0.3, 0.4) is 0 Å². The van der Waals surface area contributed by atoms with Crippen molar-refractivity contribution < 1.29 is 19.8 Å². The van der Waals surface area contributed by atoms with Crippen LogP contribution < -0.4 is 5.32 Å². The van der Waals surface area contributed by atoms with Crippen molar-refractivity contribution >= 4 is 11.8 Å². The zero-order valence-corrected chi connectivity index (χ0v) is 14.1. The molecule has 0 saturated heterocycles. The maximum atomic E-state index is 12.4. The van der Waals surface area contributed by atoms with Gasteiger partial charge in [-0.15, -0.1) is 0 Å². The Bertz CT molecular complexity index is 831. The van der Waals surface area contributed by atoms with E-state index >= 15 is 0 Å². The van der Waals surface area contributed by atoms with Gasteiger partial charge in [0.2, 0.25) is 0 Å². The standard InChI is InChI=1S/C20H20N2O4/c23-13(10-21-18-14-6-2-1-5-12(14)9-17(18)24)11-22-19(25)15-7-3-4-8-16(15)20(22)26/h1-8,13,17-18,21,23-24H,9-11H2/t13-,17+,18-/m1/s1. The summed E-state index contributed by atoms with van der Waals surface area (Å²) >= 11 is 0. The number of benzene rings is 2. The van der Waals surface area contributed by atoms with Gasteiger partial charge in [0.05, 0.1) is 35.9 Å². The lowest BCUT2D eigenvalue weighted by Gasteiger charge is -2.23. The first kappa shape index (κ1) is 16.9. The van der Waals surface area contributed by atoms with Gasteiger partial charge in [-0.25, -0.2) is 0 Å². The lowest BCUT2D eigenvalue weighted by Crippen LogP contribution is -2.43. The SMILES string of the molecule is O=C1c2ccccc2C(=O)N1C[C@H](O)CN[C@@H]1c2ccccc2C[C@@H]1O. The Morgan fingerprint density at radius 2 is 1.65 bits per heavy atom. The van der Waals surface area contributed by atoms with E-state index in [-0.39, 0.29) is 30.9 Å². The molecule has 2 aromatic rings. The van der Waals surface area contributed by atoms with E-state index in [0.29, 0.717) is 17.5 Å². The molecule has 2 aliphatic rings. The lowest BCUT2D eigenvalue weighted by atomic mass is 10.1. The summed E-state index contributed by atoms with van der Waals surface area (Å²) in [6, 6.07) is 14.2. The molecule has 26 heavy (non-hydrogen) atoms. The smallest absolute Gasteiger partial charge is 0.261 e. The Morgan fingerprint density at radius 1 is 1.04 bits per heavy atom. The molecule has 1 heterocycles. The number of hydrogen-bond donors (Lipinski definition) is 3. The maximum absolute atomic E-state index is 12.4. The molecule has 1 aliphatic heterocycles. The van der Waals surface area contributed by atoms with E-state index in [9.17, 15) is 19.8 Å². The highest BCUT2D eigenvalue weighted by Gasteiger charge is 2.36. The van der Waals surface area contributed by atoms with Gasteiger partial charge in [-0.05, 0) is 23.3 Å². The molecule has 0 spiro atoms. The molecule has 2 aromatic carbocycles. The minimum atomic E-state index is -0.919. The number of fused-ring (bicyclic) bond motifs is 2. The van der Waals surface area contributed by atoms with Crippen LogP contribution >= 0.6 is 0 Å². The zero-order valence-electron chi connectivity index (χ0n) is 14.1. The molecule has 6 heteroatoms. The van der Waals surface area contributed by atoms with Crippen molar-refractivity contribution in [2.45, 2.75) is 24.7 Å². The number of hydrogen-bond acceptors (Lipinski definition) is 5. The second kappa shape index (κ2) is 6.64. The van der Waals surface area contributed by atoms with Crippen molar-refractivity contribution in [3.05, 3.63) is 70.8 Å². The highest BCUT2D eigenvalue weighted by Crippen LogP contribution is 2.31. The van der Waals surface area contributed by atoms with Crippen molar-refractivity contribution in [3.8, 4) is 0 Å². The average Bonchev–Trinajstić information content (AvgIpc) is 3.09. The number of β-amino-alcohol motifs (C(OH)–C–C–N with tert-alkyl or cyclic N) is 1. The zero-order chi connectivity index (χ0) is 18.3. The van der Waals surface area contributed by atoms with Crippen LogP contribution in [-0.4, -0.2) is 52.2 Å². The molecular formula is C20H20N2O4. The Labute approximate surface area is 151 Å². The summed E-state index contributed by atoms with van der Waals surface area (Å²) in [5, 5.41) is 23.7. The highest BCUT2D eigenvalue weighted by molar-refractivity contribution is 6.21. The monoisotopic (exact) mass is 352 g/mol. The molecule has 3 N–H and O–H groups in total. The molecule has 0 saturated carbocycles. The van der Waals surface area contributed by atoms with Crippen LogP contribution in [0.5, 0.6) is 0 Å². The third-order valence-corrected chi connectivity index (χ3v) is 5.05. The number of carbonyl (C=O) groups excluding carboxylic acids is 2. The third kappa shape index (κ3) is 2.82. The van der Waals surface area contributed by atoms with Crippen LogP contribution in [0.1, 0.15) is 37.9 Å². The molecule has 0 radical (unpaired) electrons. The minimum absolute atomic E-state index is 0.0796. The first-order chi connectivity index (χ1) is 12.6. The topological polar surface area (TPSA) is 89.9 Å². The molecule has 0 unspecified atom stereocenters. The van der Waals surface area contributed by atoms with E-state index in [1.807, 2.05) is 24.3 Å². The van der Waals surface area contributed by atoms with Gasteiger partial charge in [-0.2, -0.15) is 0 Å². The first-order valence-electron chi connectivity index (χ1n) is 8.69. The first-order valence-corrected chi connectivity index (χ1v) is 8.69. The van der Waals surface area contributed by atoms with Crippen molar-refractivity contribution in [2.24, 2.45) is 0 Å². The molecule has 2 amide bonds. The van der Waals surface area contributed by atoms with Crippen LogP contribution in [0, 0.1) is 0 Å². The maximum Gasteiger partial charge on any atom is 0.261 e. The number of nitrogens with zero attached hydrogens (tertiary/aromatic N) is 1. The number of imide groups is 1. The summed E-state index contributed by atoms with van der Waals surface area (Å²) < 4.78 is 0. The molecule has 0 bridgehead atoms. The molecule has 0 fully saturated rings. The van der Waals surface area contributed by atoms with Crippen molar-refractivity contribution in [1.82, 2.24) is 10.2 Å². The van der Waals surface area contributed by atoms with Gasteiger partial charge < -0.3 is 15.5 Å². The van der Waals surface area contributed by atoms with Crippen LogP contribution in [0.4, 0.5) is 0 Å². The Morgan fingerprint density at radius 3 is 2.35 bits per heavy atom. The summed E-state index contributed by atoms with van der Waals surface area (Å²) in [6.07, 6.45) is -0.904. The van der Waals surface area contributed by atoms with E-state index in [1.54, 1.807) is 24.3 Å². The van der Waals surface area contributed by atoms with Crippen LogP contribution in [0.15, 0.2) is 48.5 Å². The van der Waals surface area contributed by atoms with E-state index < -0.39 is 12.2 Å². The number of rotatable bonds is 5. The van der Waals surface area contributed by atoms with Crippen molar-refractivity contribution in [2.75, 3.05) is 13.1 Å². The highest BCUT2D eigenvalue weighted by atomic mass is 16.3. The predicted molar refractivity (Wildman–Crippen MR) is 94.7 cm³/mol. The minimum Gasteiger partial charge on any atom is -0.391 e. The van der Waals surface area contributed by atoms with E-state index in [0.717, 1.165) is 16.0 Å². The average molecular weight is 352 g/mol. The molecular weight excluding hydrogens is 332 g/mol. The van der Waals surface area contributed by atoms with Crippen molar-refractivity contribution in [3.63, 3.8) is 0 Å². The van der Waals surface area contributed by atoms with Gasteiger partial charge in [-0.1, -0.05) is 36.4 Å². The lowest BCUT2D eigenvalue weighted by molar-refractivity contribution is 0.0527. The summed E-state index contributed by atoms with van der Waals surface area (Å²) in [5.74, 6) is -0.758.